The Balaban J connectivity index is 1.81. The number of primary amides is 1. The highest BCUT2D eigenvalue weighted by atomic mass is 35.5. The lowest BCUT2D eigenvalue weighted by atomic mass is 9.78. The fraction of sp³-hybridized carbons (Fsp3) is 0.353. The summed E-state index contributed by atoms with van der Waals surface area (Å²) in [4.78, 5) is 28.2. The number of carbonyl (C=O) groups excluding carboxylic acids is 2. The third-order valence-electron chi connectivity index (χ3n) is 4.42. The van der Waals surface area contributed by atoms with E-state index in [1.807, 2.05) is 24.3 Å². The molecule has 1 aromatic carbocycles. The Morgan fingerprint density at radius 1 is 1.25 bits per heavy atom. The van der Waals surface area contributed by atoms with Gasteiger partial charge in [0.15, 0.2) is 5.13 Å². The number of carbonyl (C=O) groups is 2. The normalized spacial score (nSPS) is 16.0. The molecule has 0 unspecified atom stereocenters. The summed E-state index contributed by atoms with van der Waals surface area (Å²) in [6.07, 6.45) is 3.72. The fourth-order valence-corrected chi connectivity index (χ4v) is 4.07. The Labute approximate surface area is 149 Å². The predicted molar refractivity (Wildman–Crippen MR) is 95.2 cm³/mol. The number of nitrogens with two attached hydrogens (primary N) is 1. The third-order valence-corrected chi connectivity index (χ3v) is 5.47. The Morgan fingerprint density at radius 2 is 1.92 bits per heavy atom. The van der Waals surface area contributed by atoms with Crippen molar-refractivity contribution >= 4 is 39.9 Å². The number of amides is 2. The average Bonchev–Trinajstić information content (AvgIpc) is 3.18. The van der Waals surface area contributed by atoms with E-state index in [-0.39, 0.29) is 12.3 Å². The summed E-state index contributed by atoms with van der Waals surface area (Å²) in [5.74, 6) is -0.492. The van der Waals surface area contributed by atoms with Crippen LogP contribution in [0.5, 0.6) is 0 Å². The molecule has 0 bridgehead atoms. The summed E-state index contributed by atoms with van der Waals surface area (Å²) in [6.45, 7) is 0. The molecule has 1 fully saturated rings. The van der Waals surface area contributed by atoms with E-state index in [0.29, 0.717) is 15.8 Å². The Hall–Kier alpha value is -1.92. The fourth-order valence-electron chi connectivity index (χ4n) is 3.24. The maximum Gasteiger partial charge on any atom is 0.236 e. The van der Waals surface area contributed by atoms with Gasteiger partial charge < -0.3 is 11.1 Å². The number of halogens is 1. The zero-order valence-corrected chi connectivity index (χ0v) is 14.6. The molecule has 2 aromatic rings. The van der Waals surface area contributed by atoms with Gasteiger partial charge in [0.1, 0.15) is 0 Å². The molecule has 0 atom stereocenters. The second kappa shape index (κ2) is 6.91. The minimum Gasteiger partial charge on any atom is -0.369 e. The molecular weight excluding hydrogens is 346 g/mol. The summed E-state index contributed by atoms with van der Waals surface area (Å²) >= 11 is 7.27. The highest BCUT2D eigenvalue weighted by Gasteiger charge is 2.42. The molecule has 1 heterocycles. The quantitative estimate of drug-likeness (QED) is 0.854. The van der Waals surface area contributed by atoms with Crippen LogP contribution >= 0.6 is 22.9 Å². The zero-order valence-electron chi connectivity index (χ0n) is 13.0. The number of aromatic nitrogens is 1. The van der Waals surface area contributed by atoms with Gasteiger partial charge in [-0.1, -0.05) is 36.6 Å². The van der Waals surface area contributed by atoms with Crippen molar-refractivity contribution in [1.29, 1.82) is 0 Å². The Kier molecular flexibility index (Phi) is 4.87. The van der Waals surface area contributed by atoms with Gasteiger partial charge in [-0.15, -0.1) is 11.3 Å². The average molecular weight is 364 g/mol. The van der Waals surface area contributed by atoms with E-state index < -0.39 is 11.3 Å². The van der Waals surface area contributed by atoms with E-state index in [1.54, 1.807) is 5.38 Å². The maximum atomic E-state index is 13.0. The second-order valence-electron chi connectivity index (χ2n) is 6.04. The van der Waals surface area contributed by atoms with Crippen LogP contribution in [0, 0.1) is 0 Å². The van der Waals surface area contributed by atoms with Crippen molar-refractivity contribution in [3.05, 3.63) is 45.9 Å². The summed E-state index contributed by atoms with van der Waals surface area (Å²) < 4.78 is 0. The second-order valence-corrected chi connectivity index (χ2v) is 7.33. The van der Waals surface area contributed by atoms with Gasteiger partial charge >= 0.3 is 0 Å². The lowest BCUT2D eigenvalue weighted by molar-refractivity contribution is -0.121. The van der Waals surface area contributed by atoms with Crippen molar-refractivity contribution in [3.63, 3.8) is 0 Å². The molecule has 24 heavy (non-hydrogen) atoms. The summed E-state index contributed by atoms with van der Waals surface area (Å²) in [7, 11) is 0. The molecule has 3 N–H and O–H groups in total. The molecule has 1 aliphatic rings. The molecule has 1 aliphatic carbocycles. The van der Waals surface area contributed by atoms with Gasteiger partial charge in [-0.05, 0) is 30.5 Å². The van der Waals surface area contributed by atoms with Crippen LogP contribution in [0.25, 0.3) is 0 Å². The molecule has 2 amide bonds. The van der Waals surface area contributed by atoms with Gasteiger partial charge in [-0.3, -0.25) is 9.59 Å². The highest BCUT2D eigenvalue weighted by molar-refractivity contribution is 7.14. The lowest BCUT2D eigenvalue weighted by Gasteiger charge is -2.27. The van der Waals surface area contributed by atoms with Gasteiger partial charge in [0, 0.05) is 10.4 Å². The van der Waals surface area contributed by atoms with Crippen LogP contribution in [0.1, 0.15) is 36.9 Å². The van der Waals surface area contributed by atoms with E-state index in [1.165, 1.54) is 11.3 Å². The molecular formula is C17H18ClN3O2S. The van der Waals surface area contributed by atoms with Crippen molar-refractivity contribution < 1.29 is 9.59 Å². The number of thiazole rings is 1. The first-order valence-electron chi connectivity index (χ1n) is 7.80. The smallest absolute Gasteiger partial charge is 0.236 e. The van der Waals surface area contributed by atoms with Crippen LogP contribution in [-0.2, 0) is 21.4 Å². The van der Waals surface area contributed by atoms with Crippen molar-refractivity contribution in [1.82, 2.24) is 4.98 Å². The number of hydrogen-bond acceptors (Lipinski definition) is 4. The molecule has 3 rings (SSSR count). The number of benzene rings is 1. The Morgan fingerprint density at radius 3 is 2.54 bits per heavy atom. The third kappa shape index (κ3) is 3.44. The van der Waals surface area contributed by atoms with Gasteiger partial charge in [-0.25, -0.2) is 4.98 Å². The lowest BCUT2D eigenvalue weighted by Crippen LogP contribution is -2.37. The first-order valence-corrected chi connectivity index (χ1v) is 9.05. The predicted octanol–water partition coefficient (Wildman–Crippen LogP) is 3.27. The number of nitrogens with zero attached hydrogens (tertiary/aromatic N) is 1. The maximum absolute atomic E-state index is 13.0. The molecule has 0 radical (unpaired) electrons. The van der Waals surface area contributed by atoms with Crippen molar-refractivity contribution in [3.8, 4) is 0 Å². The minimum absolute atomic E-state index is 0.0534. The van der Waals surface area contributed by atoms with Crippen LogP contribution < -0.4 is 11.1 Å². The first-order chi connectivity index (χ1) is 11.5. The summed E-state index contributed by atoms with van der Waals surface area (Å²) in [6, 6.07) is 7.48. The van der Waals surface area contributed by atoms with E-state index >= 15 is 0 Å². The zero-order chi connectivity index (χ0) is 17.2. The van der Waals surface area contributed by atoms with E-state index in [2.05, 4.69) is 10.3 Å². The van der Waals surface area contributed by atoms with Gasteiger partial charge in [0.05, 0.1) is 17.5 Å². The first kappa shape index (κ1) is 16.9. The minimum atomic E-state index is -0.542. The van der Waals surface area contributed by atoms with Crippen LogP contribution in [0.4, 0.5) is 5.13 Å². The molecule has 7 heteroatoms. The molecule has 0 spiro atoms. The number of anilines is 1. The van der Waals surface area contributed by atoms with E-state index in [9.17, 15) is 9.59 Å². The van der Waals surface area contributed by atoms with Crippen molar-refractivity contribution in [2.45, 2.75) is 37.5 Å². The molecule has 0 saturated heterocycles. The molecule has 126 valence electrons. The van der Waals surface area contributed by atoms with Crippen LogP contribution in [0.3, 0.4) is 0 Å². The largest absolute Gasteiger partial charge is 0.369 e. The van der Waals surface area contributed by atoms with Gasteiger partial charge in [0.25, 0.3) is 0 Å². The molecule has 1 saturated carbocycles. The number of rotatable bonds is 5. The van der Waals surface area contributed by atoms with Gasteiger partial charge in [0.2, 0.25) is 11.8 Å². The molecule has 5 nitrogen and oxygen atoms in total. The van der Waals surface area contributed by atoms with Crippen molar-refractivity contribution in [2.75, 3.05) is 5.32 Å². The highest BCUT2D eigenvalue weighted by Crippen LogP contribution is 2.42. The SMILES string of the molecule is NC(=O)Cc1csc(NC(=O)C2(c3ccc(Cl)cc3)CCCC2)n1. The van der Waals surface area contributed by atoms with Crippen molar-refractivity contribution in [2.24, 2.45) is 5.73 Å². The van der Waals surface area contributed by atoms with Crippen LogP contribution in [0.15, 0.2) is 29.6 Å². The van der Waals surface area contributed by atoms with Crippen LogP contribution in [-0.4, -0.2) is 16.8 Å². The monoisotopic (exact) mass is 363 g/mol. The standard InChI is InChI=1S/C17H18ClN3O2S/c18-12-5-3-11(4-6-12)17(7-1-2-8-17)15(23)21-16-20-13(10-24-16)9-14(19)22/h3-6,10H,1-2,7-9H2,(H2,19,22)(H,20,21,23). The van der Waals surface area contributed by atoms with Crippen LogP contribution in [0.2, 0.25) is 5.02 Å². The topological polar surface area (TPSA) is 85.1 Å². The van der Waals surface area contributed by atoms with E-state index in [4.69, 9.17) is 17.3 Å². The summed E-state index contributed by atoms with van der Waals surface area (Å²) in [5.41, 5.74) is 6.19. The Bertz CT molecular complexity index is 751. The molecule has 0 aliphatic heterocycles. The number of hydrogen-bond donors (Lipinski definition) is 2. The van der Waals surface area contributed by atoms with Gasteiger partial charge in [-0.2, -0.15) is 0 Å². The number of nitrogens with one attached hydrogen (secondary N) is 1. The molecule has 1 aromatic heterocycles. The van der Waals surface area contributed by atoms with E-state index in [0.717, 1.165) is 31.2 Å². The summed E-state index contributed by atoms with van der Waals surface area (Å²) in [5, 5.41) is 5.81.